The Kier molecular flexibility index (Phi) is 4.54. The molecule has 84 valence electrons. The van der Waals surface area contributed by atoms with E-state index in [4.69, 9.17) is 5.73 Å². The van der Waals surface area contributed by atoms with Gasteiger partial charge in [0.1, 0.15) is 11.6 Å². The van der Waals surface area contributed by atoms with Gasteiger partial charge in [-0.05, 0) is 11.3 Å². The van der Waals surface area contributed by atoms with Gasteiger partial charge >= 0.3 is 0 Å². The smallest absolute Gasteiger partial charge is 0.130 e. The number of nitrogens with two attached hydrogens (primary N) is 1. The van der Waals surface area contributed by atoms with Crippen molar-refractivity contribution in [3.05, 3.63) is 35.4 Å². The van der Waals surface area contributed by atoms with Gasteiger partial charge in [-0.2, -0.15) is 11.8 Å². The van der Waals surface area contributed by atoms with E-state index in [0.29, 0.717) is 16.6 Å². The van der Waals surface area contributed by atoms with Crippen LogP contribution in [0.2, 0.25) is 0 Å². The van der Waals surface area contributed by atoms with Crippen LogP contribution in [-0.2, 0) is 0 Å². The predicted octanol–water partition coefficient (Wildman–Crippen LogP) is 3.11. The van der Waals surface area contributed by atoms with Gasteiger partial charge in [0, 0.05) is 23.4 Å². The van der Waals surface area contributed by atoms with Crippen LogP contribution in [0.4, 0.5) is 8.78 Å². The van der Waals surface area contributed by atoms with Crippen molar-refractivity contribution in [1.29, 1.82) is 0 Å². The molecule has 1 unspecified atom stereocenters. The van der Waals surface area contributed by atoms with Crippen molar-refractivity contribution in [3.63, 3.8) is 0 Å². The normalized spacial score (nSPS) is 13.2. The summed E-state index contributed by atoms with van der Waals surface area (Å²) in [4.78, 5) is 0. The van der Waals surface area contributed by atoms with Gasteiger partial charge in [-0.25, -0.2) is 8.78 Å². The molecule has 0 heterocycles. The van der Waals surface area contributed by atoms with Crippen molar-refractivity contribution >= 4 is 11.8 Å². The maximum absolute atomic E-state index is 13.3. The third-order valence-electron chi connectivity index (χ3n) is 1.97. The van der Waals surface area contributed by atoms with Crippen molar-refractivity contribution in [3.8, 4) is 0 Å². The number of rotatable bonds is 4. The lowest BCUT2D eigenvalue weighted by atomic mass is 10.1. The van der Waals surface area contributed by atoms with E-state index < -0.39 is 11.6 Å². The lowest BCUT2D eigenvalue weighted by Crippen LogP contribution is -2.16. The van der Waals surface area contributed by atoms with Crippen molar-refractivity contribution in [2.45, 2.75) is 25.1 Å². The number of thioether (sulfide) groups is 1. The van der Waals surface area contributed by atoms with Crippen LogP contribution in [0.25, 0.3) is 0 Å². The van der Waals surface area contributed by atoms with Crippen LogP contribution in [0.15, 0.2) is 18.2 Å². The maximum atomic E-state index is 13.3. The Balaban J connectivity index is 2.69. The minimum absolute atomic E-state index is 0.377. The fourth-order valence-electron chi connectivity index (χ4n) is 1.19. The molecule has 0 saturated carbocycles. The molecule has 0 aromatic heterocycles. The molecule has 0 radical (unpaired) electrons. The first kappa shape index (κ1) is 12.5. The zero-order valence-corrected chi connectivity index (χ0v) is 9.65. The van der Waals surface area contributed by atoms with E-state index in [1.165, 1.54) is 12.1 Å². The van der Waals surface area contributed by atoms with Gasteiger partial charge in [-0.3, -0.25) is 0 Å². The zero-order chi connectivity index (χ0) is 11.4. The van der Waals surface area contributed by atoms with Crippen molar-refractivity contribution in [1.82, 2.24) is 0 Å². The van der Waals surface area contributed by atoms with E-state index in [-0.39, 0.29) is 6.04 Å². The molecule has 1 aromatic carbocycles. The quantitative estimate of drug-likeness (QED) is 0.861. The molecule has 15 heavy (non-hydrogen) atoms. The summed E-state index contributed by atoms with van der Waals surface area (Å²) in [6.45, 7) is 4.11. The van der Waals surface area contributed by atoms with E-state index in [9.17, 15) is 8.78 Å². The topological polar surface area (TPSA) is 26.0 Å². The minimum atomic E-state index is -0.569. The summed E-state index contributed by atoms with van der Waals surface area (Å²) in [5.74, 6) is -0.493. The van der Waals surface area contributed by atoms with Crippen molar-refractivity contribution < 1.29 is 8.78 Å². The SMILES string of the molecule is CC(C)SCC(N)c1ccc(F)cc1F. The van der Waals surface area contributed by atoms with Crippen LogP contribution in [0.3, 0.4) is 0 Å². The number of hydrogen-bond donors (Lipinski definition) is 1. The van der Waals surface area contributed by atoms with Crippen LogP contribution in [-0.4, -0.2) is 11.0 Å². The largest absolute Gasteiger partial charge is 0.323 e. The number of benzene rings is 1. The van der Waals surface area contributed by atoms with Crippen molar-refractivity contribution in [2.24, 2.45) is 5.73 Å². The first-order valence-corrected chi connectivity index (χ1v) is 5.87. The Morgan fingerprint density at radius 3 is 2.53 bits per heavy atom. The monoisotopic (exact) mass is 231 g/mol. The molecule has 1 nitrogen and oxygen atoms in total. The molecule has 0 fully saturated rings. The molecule has 1 rings (SSSR count). The number of halogens is 2. The van der Waals surface area contributed by atoms with Crippen LogP contribution >= 0.6 is 11.8 Å². The van der Waals surface area contributed by atoms with Gasteiger partial charge in [0.2, 0.25) is 0 Å². The first-order valence-electron chi connectivity index (χ1n) is 4.83. The Bertz CT molecular complexity index is 328. The van der Waals surface area contributed by atoms with Gasteiger partial charge in [0.05, 0.1) is 0 Å². The molecule has 0 saturated heterocycles. The summed E-state index contributed by atoms with van der Waals surface area (Å²) in [7, 11) is 0. The molecule has 0 bridgehead atoms. The molecule has 0 aliphatic rings. The highest BCUT2D eigenvalue weighted by molar-refractivity contribution is 7.99. The highest BCUT2D eigenvalue weighted by Gasteiger charge is 2.12. The van der Waals surface area contributed by atoms with Crippen LogP contribution in [0, 0.1) is 11.6 Å². The van der Waals surface area contributed by atoms with E-state index in [1.54, 1.807) is 11.8 Å². The Morgan fingerprint density at radius 1 is 1.33 bits per heavy atom. The van der Waals surface area contributed by atoms with Gasteiger partial charge in [0.25, 0.3) is 0 Å². The van der Waals surface area contributed by atoms with Crippen LogP contribution in [0.1, 0.15) is 25.5 Å². The number of hydrogen-bond acceptors (Lipinski definition) is 2. The van der Waals surface area contributed by atoms with Gasteiger partial charge in [-0.1, -0.05) is 19.9 Å². The molecular formula is C11H15F2NS. The molecule has 0 amide bonds. The second-order valence-corrected chi connectivity index (χ2v) is 5.26. The lowest BCUT2D eigenvalue weighted by molar-refractivity contribution is 0.563. The predicted molar refractivity (Wildman–Crippen MR) is 60.9 cm³/mol. The first-order chi connectivity index (χ1) is 7.00. The molecular weight excluding hydrogens is 216 g/mol. The molecule has 0 spiro atoms. The average Bonchev–Trinajstić information content (AvgIpc) is 2.14. The highest BCUT2D eigenvalue weighted by Crippen LogP contribution is 2.21. The molecule has 2 N–H and O–H groups in total. The Hall–Kier alpha value is -0.610. The summed E-state index contributed by atoms with van der Waals surface area (Å²) in [6, 6.07) is 3.14. The second kappa shape index (κ2) is 5.47. The Labute approximate surface area is 93.1 Å². The lowest BCUT2D eigenvalue weighted by Gasteiger charge is -2.14. The van der Waals surface area contributed by atoms with E-state index >= 15 is 0 Å². The summed E-state index contributed by atoms with van der Waals surface area (Å²) >= 11 is 1.66. The third kappa shape index (κ3) is 3.80. The third-order valence-corrected chi connectivity index (χ3v) is 3.19. The summed E-state index contributed by atoms with van der Waals surface area (Å²) in [5.41, 5.74) is 6.19. The fourth-order valence-corrected chi connectivity index (χ4v) is 1.96. The van der Waals surface area contributed by atoms with Gasteiger partial charge in [0.15, 0.2) is 0 Å². The highest BCUT2D eigenvalue weighted by atomic mass is 32.2. The fraction of sp³-hybridized carbons (Fsp3) is 0.455. The molecule has 4 heteroatoms. The maximum Gasteiger partial charge on any atom is 0.130 e. The molecule has 0 aliphatic heterocycles. The van der Waals surface area contributed by atoms with E-state index in [0.717, 1.165) is 6.07 Å². The summed E-state index contributed by atoms with van der Waals surface area (Å²) in [5, 5.41) is 0.458. The van der Waals surface area contributed by atoms with Crippen LogP contribution in [0.5, 0.6) is 0 Å². The summed E-state index contributed by atoms with van der Waals surface area (Å²) in [6.07, 6.45) is 0. The molecule has 0 aliphatic carbocycles. The van der Waals surface area contributed by atoms with E-state index in [1.807, 2.05) is 0 Å². The average molecular weight is 231 g/mol. The second-order valence-electron chi connectivity index (χ2n) is 3.65. The van der Waals surface area contributed by atoms with Crippen molar-refractivity contribution in [2.75, 3.05) is 5.75 Å². The minimum Gasteiger partial charge on any atom is -0.323 e. The molecule has 1 aromatic rings. The molecule has 1 atom stereocenters. The van der Waals surface area contributed by atoms with Gasteiger partial charge in [-0.15, -0.1) is 0 Å². The zero-order valence-electron chi connectivity index (χ0n) is 8.84. The Morgan fingerprint density at radius 2 is 2.00 bits per heavy atom. The summed E-state index contributed by atoms with van der Waals surface area (Å²) < 4.78 is 25.9. The standard InChI is InChI=1S/C11H15F2NS/c1-7(2)15-6-11(14)9-4-3-8(12)5-10(9)13/h3-5,7,11H,6,14H2,1-2H3. The van der Waals surface area contributed by atoms with Gasteiger partial charge < -0.3 is 5.73 Å². The van der Waals surface area contributed by atoms with Crippen LogP contribution < -0.4 is 5.73 Å². The van der Waals surface area contributed by atoms with E-state index in [2.05, 4.69) is 13.8 Å².